The lowest BCUT2D eigenvalue weighted by Crippen LogP contribution is -2.12. The maximum atomic E-state index is 11.1. The van der Waals surface area contributed by atoms with Crippen LogP contribution in [0.2, 0.25) is 5.02 Å². The molecule has 0 aliphatic carbocycles. The number of pyridine rings is 1. The minimum Gasteiger partial charge on any atom is -0.438 e. The van der Waals surface area contributed by atoms with Crippen LogP contribution < -0.4 is 9.88 Å². The fraction of sp³-hybridized carbons (Fsp3) is 0.154. The second kappa shape index (κ2) is 5.40. The third-order valence-corrected chi connectivity index (χ3v) is 3.79. The van der Waals surface area contributed by atoms with E-state index in [1.54, 1.807) is 12.1 Å². The Morgan fingerprint density at radius 2 is 1.80 bits per heavy atom. The molecule has 5 nitrogen and oxygen atoms in total. The maximum Gasteiger partial charge on any atom is 0.239 e. The van der Waals surface area contributed by atoms with Gasteiger partial charge in [0.25, 0.3) is 0 Å². The number of rotatable bonds is 3. The molecule has 2 rings (SSSR count). The molecule has 106 valence electrons. The van der Waals surface area contributed by atoms with Gasteiger partial charge in [-0.2, -0.15) is 0 Å². The van der Waals surface area contributed by atoms with E-state index in [0.717, 1.165) is 17.3 Å². The molecule has 0 radical (unpaired) electrons. The average molecular weight is 313 g/mol. The molecule has 2 N–H and O–H groups in total. The highest BCUT2D eigenvalue weighted by Gasteiger charge is 2.11. The summed E-state index contributed by atoms with van der Waals surface area (Å²) in [4.78, 5) is 3.87. The Labute approximate surface area is 122 Å². The van der Waals surface area contributed by atoms with Gasteiger partial charge in [0.05, 0.1) is 6.20 Å². The summed E-state index contributed by atoms with van der Waals surface area (Å²) in [5.74, 6) is 0.927. The lowest BCUT2D eigenvalue weighted by molar-refractivity contribution is 0.455. The molecule has 0 spiro atoms. The average Bonchev–Trinajstić information content (AvgIpc) is 2.33. The first-order chi connectivity index (χ1) is 9.27. The summed E-state index contributed by atoms with van der Waals surface area (Å²) in [6, 6.07) is 6.36. The number of nitrogens with zero attached hydrogens (tertiary/aromatic N) is 1. The van der Waals surface area contributed by atoms with Crippen LogP contribution in [-0.4, -0.2) is 13.4 Å². The fourth-order valence-corrected chi connectivity index (χ4v) is 2.54. The Morgan fingerprint density at radius 1 is 1.20 bits per heavy atom. The summed E-state index contributed by atoms with van der Waals surface area (Å²) in [6.07, 6.45) is 1.16. The quantitative estimate of drug-likeness (QED) is 0.944. The van der Waals surface area contributed by atoms with Gasteiger partial charge >= 0.3 is 0 Å². The van der Waals surface area contributed by atoms with Crippen molar-refractivity contribution >= 4 is 21.6 Å². The van der Waals surface area contributed by atoms with Crippen molar-refractivity contribution in [1.82, 2.24) is 4.98 Å². The minimum absolute atomic E-state index is 0.0607. The molecule has 1 aromatic carbocycles. The van der Waals surface area contributed by atoms with E-state index >= 15 is 0 Å². The van der Waals surface area contributed by atoms with Crippen molar-refractivity contribution in [2.45, 2.75) is 18.7 Å². The standard InChI is InChI=1S/C13H13ClN2O3S/c1-8-5-10(14)6-9(2)13(8)19-12-4-3-11(7-16-12)20(15,17)18/h3-7H,1-2H3,(H2,15,17,18). The SMILES string of the molecule is Cc1cc(Cl)cc(C)c1Oc1ccc(S(N)(=O)=O)cn1. The zero-order valence-electron chi connectivity index (χ0n) is 10.9. The third-order valence-electron chi connectivity index (χ3n) is 2.67. The maximum absolute atomic E-state index is 11.1. The van der Waals surface area contributed by atoms with Crippen molar-refractivity contribution in [2.24, 2.45) is 5.14 Å². The van der Waals surface area contributed by atoms with Crippen LogP contribution >= 0.6 is 11.6 Å². The van der Waals surface area contributed by atoms with Gasteiger partial charge in [0.15, 0.2) is 0 Å². The molecule has 0 aliphatic heterocycles. The minimum atomic E-state index is -3.75. The molecule has 0 saturated heterocycles. The molecule has 2 aromatic rings. The Kier molecular flexibility index (Phi) is 3.99. The molecule has 0 aliphatic rings. The molecule has 1 heterocycles. The van der Waals surface area contributed by atoms with Crippen molar-refractivity contribution in [3.8, 4) is 11.6 Å². The lowest BCUT2D eigenvalue weighted by atomic mass is 10.1. The number of sulfonamides is 1. The topological polar surface area (TPSA) is 82.3 Å². The summed E-state index contributed by atoms with van der Waals surface area (Å²) in [6.45, 7) is 3.74. The predicted octanol–water partition coefficient (Wildman–Crippen LogP) is 2.79. The normalized spacial score (nSPS) is 11.4. The largest absolute Gasteiger partial charge is 0.438 e. The van der Waals surface area contributed by atoms with Gasteiger partial charge in [0.1, 0.15) is 10.6 Å². The van der Waals surface area contributed by atoms with E-state index in [4.69, 9.17) is 21.5 Å². The van der Waals surface area contributed by atoms with Crippen LogP contribution in [0.3, 0.4) is 0 Å². The summed E-state index contributed by atoms with van der Waals surface area (Å²) < 4.78 is 27.9. The van der Waals surface area contributed by atoms with E-state index in [2.05, 4.69) is 4.98 Å². The van der Waals surface area contributed by atoms with E-state index in [1.807, 2.05) is 13.8 Å². The van der Waals surface area contributed by atoms with E-state index in [0.29, 0.717) is 10.8 Å². The number of hydrogen-bond acceptors (Lipinski definition) is 4. The highest BCUT2D eigenvalue weighted by Crippen LogP contribution is 2.30. The number of nitrogens with two attached hydrogens (primary N) is 1. The van der Waals surface area contributed by atoms with Crippen LogP contribution in [0.15, 0.2) is 35.4 Å². The smallest absolute Gasteiger partial charge is 0.239 e. The van der Waals surface area contributed by atoms with Crippen LogP contribution in [0.1, 0.15) is 11.1 Å². The van der Waals surface area contributed by atoms with Crippen molar-refractivity contribution in [1.29, 1.82) is 0 Å². The molecular formula is C13H13ClN2O3S. The van der Waals surface area contributed by atoms with Gasteiger partial charge in [-0.05, 0) is 43.2 Å². The van der Waals surface area contributed by atoms with Crippen molar-refractivity contribution in [3.63, 3.8) is 0 Å². The number of ether oxygens (including phenoxy) is 1. The number of benzene rings is 1. The first kappa shape index (κ1) is 14.8. The Balaban J connectivity index is 2.32. The van der Waals surface area contributed by atoms with Gasteiger partial charge in [0.2, 0.25) is 15.9 Å². The van der Waals surface area contributed by atoms with E-state index < -0.39 is 10.0 Å². The second-order valence-corrected chi connectivity index (χ2v) is 6.35. The number of aromatic nitrogens is 1. The summed E-state index contributed by atoms with van der Waals surface area (Å²) in [7, 11) is -3.75. The zero-order valence-corrected chi connectivity index (χ0v) is 12.5. The first-order valence-electron chi connectivity index (χ1n) is 5.71. The molecule has 0 atom stereocenters. The molecule has 0 fully saturated rings. The Morgan fingerprint density at radius 3 is 2.25 bits per heavy atom. The van der Waals surface area contributed by atoms with Crippen LogP contribution in [0, 0.1) is 13.8 Å². The lowest BCUT2D eigenvalue weighted by Gasteiger charge is -2.11. The number of aryl methyl sites for hydroxylation is 2. The third kappa shape index (κ3) is 3.27. The van der Waals surface area contributed by atoms with Crippen LogP contribution in [0.25, 0.3) is 0 Å². The Hall–Kier alpha value is -1.63. The van der Waals surface area contributed by atoms with Gasteiger partial charge in [0, 0.05) is 11.1 Å². The van der Waals surface area contributed by atoms with E-state index in [1.165, 1.54) is 12.1 Å². The monoisotopic (exact) mass is 312 g/mol. The Bertz CT molecular complexity index is 720. The fourth-order valence-electron chi connectivity index (χ4n) is 1.76. The molecule has 0 saturated carbocycles. The first-order valence-corrected chi connectivity index (χ1v) is 7.63. The van der Waals surface area contributed by atoms with Crippen LogP contribution in [0.5, 0.6) is 11.6 Å². The van der Waals surface area contributed by atoms with Crippen molar-refractivity contribution in [2.75, 3.05) is 0 Å². The van der Waals surface area contributed by atoms with Gasteiger partial charge in [-0.3, -0.25) is 0 Å². The van der Waals surface area contributed by atoms with E-state index in [9.17, 15) is 8.42 Å². The number of hydrogen-bond donors (Lipinski definition) is 1. The highest BCUT2D eigenvalue weighted by atomic mass is 35.5. The molecular weight excluding hydrogens is 300 g/mol. The van der Waals surface area contributed by atoms with E-state index in [-0.39, 0.29) is 10.8 Å². The molecule has 1 aromatic heterocycles. The van der Waals surface area contributed by atoms with Gasteiger partial charge < -0.3 is 4.74 Å². The molecule has 7 heteroatoms. The van der Waals surface area contributed by atoms with Crippen molar-refractivity contribution < 1.29 is 13.2 Å². The van der Waals surface area contributed by atoms with Crippen molar-refractivity contribution in [3.05, 3.63) is 46.6 Å². The highest BCUT2D eigenvalue weighted by molar-refractivity contribution is 7.89. The van der Waals surface area contributed by atoms with Gasteiger partial charge in [-0.15, -0.1) is 0 Å². The summed E-state index contributed by atoms with van der Waals surface area (Å²) in [5.41, 5.74) is 1.74. The predicted molar refractivity (Wildman–Crippen MR) is 76.6 cm³/mol. The van der Waals surface area contributed by atoms with Crippen LogP contribution in [0.4, 0.5) is 0 Å². The summed E-state index contributed by atoms with van der Waals surface area (Å²) >= 11 is 5.94. The molecule has 0 amide bonds. The summed E-state index contributed by atoms with van der Waals surface area (Å²) in [5, 5.41) is 5.63. The molecule has 20 heavy (non-hydrogen) atoms. The molecule has 0 bridgehead atoms. The number of halogens is 1. The van der Waals surface area contributed by atoms with Gasteiger partial charge in [-0.25, -0.2) is 18.5 Å². The second-order valence-electron chi connectivity index (χ2n) is 4.35. The number of primary sulfonamides is 1. The van der Waals surface area contributed by atoms with Crippen LogP contribution in [-0.2, 0) is 10.0 Å². The zero-order chi connectivity index (χ0) is 14.9. The van der Waals surface area contributed by atoms with Gasteiger partial charge in [-0.1, -0.05) is 11.6 Å². The molecule has 0 unspecified atom stereocenters.